The van der Waals surface area contributed by atoms with Crippen molar-refractivity contribution < 1.29 is 0 Å². The number of aryl methyl sites for hydroxylation is 1. The number of thiophene rings is 1. The largest absolute Gasteiger partial charge is 0.311 e. The van der Waals surface area contributed by atoms with Crippen LogP contribution in [-0.2, 0) is 38.9 Å². The molecule has 0 atom stereocenters. The zero-order valence-electron chi connectivity index (χ0n) is 56.4. The number of anilines is 9. The van der Waals surface area contributed by atoms with Crippen LogP contribution in [0.3, 0.4) is 0 Å². The lowest BCUT2D eigenvalue weighted by atomic mass is 9.35. The van der Waals surface area contributed by atoms with Crippen LogP contribution in [0.1, 0.15) is 188 Å². The van der Waals surface area contributed by atoms with Gasteiger partial charge in [0.1, 0.15) is 0 Å². The summed E-state index contributed by atoms with van der Waals surface area (Å²) in [5.74, 6) is 0. The summed E-state index contributed by atoms with van der Waals surface area (Å²) in [6.45, 7) is 36.7. The first-order valence-corrected chi connectivity index (χ1v) is 34.6. The van der Waals surface area contributed by atoms with Gasteiger partial charge in [-0.3, -0.25) is 0 Å². The van der Waals surface area contributed by atoms with Gasteiger partial charge >= 0.3 is 0 Å². The van der Waals surface area contributed by atoms with Gasteiger partial charge in [0.2, 0.25) is 0 Å². The first-order chi connectivity index (χ1) is 42.9. The van der Waals surface area contributed by atoms with Gasteiger partial charge in [-0.2, -0.15) is 0 Å². The second-order valence-corrected chi connectivity index (χ2v) is 32.4. The molecule has 2 aliphatic heterocycles. The van der Waals surface area contributed by atoms with Crippen LogP contribution in [0.5, 0.6) is 0 Å². The fraction of sp³-hybridized carbons (Fsp3) is 0.341. The van der Waals surface area contributed by atoms with Crippen LogP contribution < -0.4 is 30.4 Å². The fourth-order valence-corrected chi connectivity index (χ4v) is 17.5. The highest BCUT2D eigenvalue weighted by Crippen LogP contribution is 2.57. The van der Waals surface area contributed by atoms with E-state index in [0.29, 0.717) is 0 Å². The Balaban J connectivity index is 1.16. The molecule has 1 aromatic heterocycles. The second-order valence-electron chi connectivity index (χ2n) is 31.3. The van der Waals surface area contributed by atoms with Gasteiger partial charge in [-0.25, -0.2) is 0 Å². The van der Waals surface area contributed by atoms with Crippen molar-refractivity contribution in [3.63, 3.8) is 0 Å². The highest BCUT2D eigenvalue weighted by molar-refractivity contribution is 7.33. The lowest BCUT2D eigenvalue weighted by molar-refractivity contribution is 0.332. The molecule has 3 heterocycles. The van der Waals surface area contributed by atoms with E-state index in [1.807, 2.05) is 0 Å². The third kappa shape index (κ3) is 9.98. The molecule has 5 heteroatoms. The molecule has 0 spiro atoms. The van der Waals surface area contributed by atoms with Crippen molar-refractivity contribution in [1.82, 2.24) is 0 Å². The maximum Gasteiger partial charge on any atom is 0.264 e. The Kier molecular flexibility index (Phi) is 14.5. The summed E-state index contributed by atoms with van der Waals surface area (Å²) in [4.78, 5) is 8.07. The Morgan fingerprint density at radius 2 is 1.04 bits per heavy atom. The van der Waals surface area contributed by atoms with Crippen molar-refractivity contribution in [2.45, 2.75) is 188 Å². The van der Waals surface area contributed by atoms with E-state index in [4.69, 9.17) is 0 Å². The normalized spacial score (nSPS) is 16.7. The van der Waals surface area contributed by atoms with Gasteiger partial charge in [0.25, 0.3) is 6.71 Å². The lowest BCUT2D eigenvalue weighted by Crippen LogP contribution is -2.61. The maximum atomic E-state index is 2.78. The standard InChI is InChI=1S/C85H92BN3S/c1-16-18-42-81(6,7)67-54-76-65(47-55(67)17-2)78-79(90-76)86-71-52-69-70(85(14,15)46-45-84(69,12)13)53-73(71)89(72-41-36-59(80(3,4)5)48-64(72)58-30-24-20-25-31-58)75-51-63(87(60-32-26-21-27-33-60)61-37-34-57(35-38-61)56-28-22-19-23-29-56)50-74(77(75)86)88(78)62-39-40-66-68(49-62)83(10,11)44-43-82(66,8)9/h19-41,47-54H,16-18,42-46H2,1-15H3. The molecule has 2 aliphatic carbocycles. The van der Waals surface area contributed by atoms with Gasteiger partial charge in [0.05, 0.1) is 17.1 Å². The Morgan fingerprint density at radius 3 is 1.66 bits per heavy atom. The predicted molar refractivity (Wildman–Crippen MR) is 393 cm³/mol. The van der Waals surface area contributed by atoms with Gasteiger partial charge in [-0.15, -0.1) is 11.3 Å². The molecule has 0 unspecified atom stereocenters. The summed E-state index contributed by atoms with van der Waals surface area (Å²) >= 11 is 2.07. The van der Waals surface area contributed by atoms with Crippen LogP contribution in [0.2, 0.25) is 0 Å². The monoisotopic (exact) mass is 1200 g/mol. The highest BCUT2D eigenvalue weighted by atomic mass is 32.1. The molecule has 10 aromatic rings. The summed E-state index contributed by atoms with van der Waals surface area (Å²) in [5.41, 5.74) is 28.6. The summed E-state index contributed by atoms with van der Waals surface area (Å²) in [6.07, 6.45) is 9.12. The number of para-hydroxylation sites is 1. The zero-order chi connectivity index (χ0) is 63.0. The van der Waals surface area contributed by atoms with Crippen molar-refractivity contribution in [3.8, 4) is 22.3 Å². The Morgan fingerprint density at radius 1 is 0.489 bits per heavy atom. The quantitative estimate of drug-likeness (QED) is 0.113. The molecular formula is C85H92BN3S. The molecule has 456 valence electrons. The van der Waals surface area contributed by atoms with Gasteiger partial charge in [0, 0.05) is 54.6 Å². The van der Waals surface area contributed by atoms with Gasteiger partial charge < -0.3 is 14.7 Å². The molecule has 0 saturated carbocycles. The maximum absolute atomic E-state index is 2.78. The van der Waals surface area contributed by atoms with E-state index in [-0.39, 0.29) is 39.2 Å². The molecule has 0 fully saturated rings. The number of benzene rings is 9. The second kappa shape index (κ2) is 21.8. The van der Waals surface area contributed by atoms with Crippen LogP contribution in [0, 0.1) is 0 Å². The Hall–Kier alpha value is -7.60. The van der Waals surface area contributed by atoms with Crippen LogP contribution in [-0.4, -0.2) is 6.71 Å². The Bertz CT molecular complexity index is 4400. The van der Waals surface area contributed by atoms with Crippen LogP contribution >= 0.6 is 11.3 Å². The summed E-state index contributed by atoms with van der Waals surface area (Å²) in [6, 6.07) is 73.5. The number of rotatable bonds is 12. The van der Waals surface area contributed by atoms with E-state index in [1.165, 1.54) is 140 Å². The van der Waals surface area contributed by atoms with E-state index < -0.39 is 0 Å². The third-order valence-corrected chi connectivity index (χ3v) is 23.1. The van der Waals surface area contributed by atoms with Gasteiger partial charge in [-0.1, -0.05) is 226 Å². The van der Waals surface area contributed by atoms with E-state index >= 15 is 0 Å². The van der Waals surface area contributed by atoms with Gasteiger partial charge in [-0.05, 0) is 216 Å². The van der Waals surface area contributed by atoms with Gasteiger partial charge in [0.15, 0.2) is 0 Å². The number of unbranched alkanes of at least 4 members (excludes halogenated alkanes) is 1. The highest BCUT2D eigenvalue weighted by Gasteiger charge is 2.49. The number of fused-ring (bicyclic) bond motifs is 8. The van der Waals surface area contributed by atoms with Crippen molar-refractivity contribution in [1.29, 1.82) is 0 Å². The molecule has 0 saturated heterocycles. The molecule has 4 aliphatic rings. The van der Waals surface area contributed by atoms with Crippen molar-refractivity contribution in [2.75, 3.05) is 14.7 Å². The average molecular weight is 1200 g/mol. The average Bonchev–Trinajstić information content (AvgIpc) is 1.18. The molecule has 0 radical (unpaired) electrons. The molecule has 90 heavy (non-hydrogen) atoms. The van der Waals surface area contributed by atoms with Crippen molar-refractivity contribution >= 4 is 95.0 Å². The molecule has 0 bridgehead atoms. The van der Waals surface area contributed by atoms with Crippen molar-refractivity contribution in [2.24, 2.45) is 0 Å². The van der Waals surface area contributed by atoms with Crippen LogP contribution in [0.25, 0.3) is 32.3 Å². The smallest absolute Gasteiger partial charge is 0.264 e. The fourth-order valence-electron chi connectivity index (χ4n) is 16.2. The van der Waals surface area contributed by atoms with Crippen LogP contribution in [0.4, 0.5) is 51.2 Å². The minimum atomic E-state index is -0.0770. The minimum Gasteiger partial charge on any atom is -0.311 e. The topological polar surface area (TPSA) is 9.72 Å². The molecule has 14 rings (SSSR count). The van der Waals surface area contributed by atoms with E-state index in [0.717, 1.165) is 49.2 Å². The van der Waals surface area contributed by atoms with Crippen molar-refractivity contribution in [3.05, 3.63) is 227 Å². The molecule has 0 N–H and O–H groups in total. The lowest BCUT2D eigenvalue weighted by Gasteiger charge is -2.48. The van der Waals surface area contributed by atoms with E-state index in [2.05, 4.69) is 318 Å². The third-order valence-electron chi connectivity index (χ3n) is 21.9. The first kappa shape index (κ1) is 60.0. The van der Waals surface area contributed by atoms with E-state index in [9.17, 15) is 0 Å². The summed E-state index contributed by atoms with van der Waals surface area (Å²) in [5, 5.41) is 1.36. The molecule has 9 aromatic carbocycles. The summed E-state index contributed by atoms with van der Waals surface area (Å²) in [7, 11) is 0. The number of nitrogens with zero attached hydrogens (tertiary/aromatic N) is 3. The molecular weight excluding hydrogens is 1110 g/mol. The van der Waals surface area contributed by atoms with E-state index in [1.54, 1.807) is 0 Å². The first-order valence-electron chi connectivity index (χ1n) is 33.8. The molecule has 0 amide bonds. The predicted octanol–water partition coefficient (Wildman–Crippen LogP) is 22.8. The number of hydrogen-bond acceptors (Lipinski definition) is 4. The SMILES string of the molecule is CCCCC(C)(C)c1cc2sc3c(c2cc1CC)N(c1ccc2c(c1)C(C)(C)CCC2(C)C)c1cc(N(c2ccccc2)c2ccc(-c4ccccc4)cc2)cc2c1B3c1cc3c(cc1N2c1ccc(C(C)(C)C)cc1-c1ccccc1)C(C)(C)CCC3(C)C. The minimum absolute atomic E-state index is 0.00710. The molecule has 3 nitrogen and oxygen atoms in total. The van der Waals surface area contributed by atoms with Crippen LogP contribution in [0.15, 0.2) is 188 Å². The number of hydrogen-bond donors (Lipinski definition) is 0. The zero-order valence-corrected chi connectivity index (χ0v) is 57.2. The summed E-state index contributed by atoms with van der Waals surface area (Å²) < 4.78 is 2.82. The Labute approximate surface area is 543 Å².